The Morgan fingerprint density at radius 3 is 2.61 bits per heavy atom. The summed E-state index contributed by atoms with van der Waals surface area (Å²) in [6.45, 7) is 9.57. The third-order valence-electron chi connectivity index (χ3n) is 2.73. The predicted octanol–water partition coefficient (Wildman–Crippen LogP) is 2.73. The average molecular weight is 268 g/mol. The largest absolute Gasteiger partial charge is 0.355 e. The molecular formula is C14H24N2OS. The summed E-state index contributed by atoms with van der Waals surface area (Å²) in [5.41, 5.74) is 0. The molecule has 1 heterocycles. The Bertz CT molecular complexity index is 374. The summed E-state index contributed by atoms with van der Waals surface area (Å²) in [5, 5.41) is 6.17. The zero-order valence-corrected chi connectivity index (χ0v) is 12.6. The molecule has 0 bridgehead atoms. The first-order chi connectivity index (χ1) is 8.52. The van der Waals surface area contributed by atoms with Crippen molar-refractivity contribution in [2.45, 2.75) is 40.2 Å². The van der Waals surface area contributed by atoms with Gasteiger partial charge in [-0.25, -0.2) is 0 Å². The molecule has 4 heteroatoms. The number of aryl methyl sites for hydroxylation is 1. The highest BCUT2D eigenvalue weighted by molar-refractivity contribution is 7.12. The molecule has 0 saturated heterocycles. The smallest absolute Gasteiger partial charge is 0.233 e. The molecule has 1 rings (SSSR count). The number of hydrogen-bond donors (Lipinski definition) is 2. The number of rotatable bonds is 7. The summed E-state index contributed by atoms with van der Waals surface area (Å²) in [7, 11) is 0. The Morgan fingerprint density at radius 2 is 2.06 bits per heavy atom. The van der Waals surface area contributed by atoms with Gasteiger partial charge in [-0.3, -0.25) is 4.79 Å². The van der Waals surface area contributed by atoms with Crippen LogP contribution in [0.5, 0.6) is 0 Å². The molecule has 1 aromatic heterocycles. The van der Waals surface area contributed by atoms with E-state index in [9.17, 15) is 4.79 Å². The molecule has 0 spiro atoms. The second-order valence-electron chi connectivity index (χ2n) is 4.96. The van der Waals surface area contributed by atoms with Gasteiger partial charge in [-0.05, 0) is 31.4 Å². The molecule has 18 heavy (non-hydrogen) atoms. The van der Waals surface area contributed by atoms with Gasteiger partial charge in [0.15, 0.2) is 0 Å². The van der Waals surface area contributed by atoms with Gasteiger partial charge in [0.2, 0.25) is 5.91 Å². The second kappa shape index (κ2) is 7.54. The van der Waals surface area contributed by atoms with E-state index in [-0.39, 0.29) is 11.9 Å². The first-order valence-corrected chi connectivity index (χ1v) is 7.43. The third-order valence-corrected chi connectivity index (χ3v) is 4.15. The van der Waals surface area contributed by atoms with Gasteiger partial charge in [-0.2, -0.15) is 0 Å². The van der Waals surface area contributed by atoms with E-state index in [0.717, 1.165) is 13.0 Å². The zero-order valence-electron chi connectivity index (χ0n) is 11.7. The topological polar surface area (TPSA) is 41.1 Å². The van der Waals surface area contributed by atoms with Crippen molar-refractivity contribution >= 4 is 17.2 Å². The van der Waals surface area contributed by atoms with Crippen molar-refractivity contribution in [1.82, 2.24) is 10.6 Å². The van der Waals surface area contributed by atoms with Crippen LogP contribution in [0.4, 0.5) is 0 Å². The van der Waals surface area contributed by atoms with Crippen LogP contribution in [-0.2, 0) is 11.2 Å². The van der Waals surface area contributed by atoms with Gasteiger partial charge < -0.3 is 10.6 Å². The maximum Gasteiger partial charge on any atom is 0.233 e. The van der Waals surface area contributed by atoms with Gasteiger partial charge in [-0.15, -0.1) is 11.3 Å². The van der Waals surface area contributed by atoms with Crippen molar-refractivity contribution in [3.63, 3.8) is 0 Å². The maximum absolute atomic E-state index is 11.6. The van der Waals surface area contributed by atoms with E-state index in [2.05, 4.69) is 50.5 Å². The summed E-state index contributed by atoms with van der Waals surface area (Å²) in [6, 6.07) is 4.55. The van der Waals surface area contributed by atoms with Crippen LogP contribution in [0.25, 0.3) is 0 Å². The zero-order chi connectivity index (χ0) is 13.5. The lowest BCUT2D eigenvalue weighted by atomic mass is 10.2. The van der Waals surface area contributed by atoms with Crippen LogP contribution in [0.2, 0.25) is 0 Å². The minimum Gasteiger partial charge on any atom is -0.355 e. The number of hydrogen-bond acceptors (Lipinski definition) is 3. The van der Waals surface area contributed by atoms with E-state index >= 15 is 0 Å². The number of carbonyl (C=O) groups is 1. The highest BCUT2D eigenvalue weighted by atomic mass is 32.1. The fourth-order valence-corrected chi connectivity index (χ4v) is 2.52. The van der Waals surface area contributed by atoms with Gasteiger partial charge >= 0.3 is 0 Å². The van der Waals surface area contributed by atoms with Gasteiger partial charge in [0.25, 0.3) is 0 Å². The molecule has 0 aliphatic heterocycles. The van der Waals surface area contributed by atoms with Crippen molar-refractivity contribution < 1.29 is 4.79 Å². The number of thiophene rings is 1. The number of carbonyl (C=O) groups excluding carboxylic acids is 1. The Hall–Kier alpha value is -0.870. The van der Waals surface area contributed by atoms with Crippen LogP contribution in [0.1, 0.15) is 43.5 Å². The van der Waals surface area contributed by atoms with E-state index in [0.29, 0.717) is 12.5 Å². The maximum atomic E-state index is 11.6. The van der Waals surface area contributed by atoms with Crippen LogP contribution in [0.15, 0.2) is 12.1 Å². The normalized spacial score (nSPS) is 12.7. The van der Waals surface area contributed by atoms with Crippen LogP contribution in [0.3, 0.4) is 0 Å². The third kappa shape index (κ3) is 5.19. The fourth-order valence-electron chi connectivity index (χ4n) is 1.54. The SMILES string of the molecule is CCc1ccc(C(C)NCC(=O)NCC(C)C)s1. The summed E-state index contributed by atoms with van der Waals surface area (Å²) in [4.78, 5) is 14.3. The lowest BCUT2D eigenvalue weighted by molar-refractivity contribution is -0.120. The van der Waals surface area contributed by atoms with Crippen LogP contribution in [-0.4, -0.2) is 19.0 Å². The van der Waals surface area contributed by atoms with E-state index in [1.165, 1.54) is 9.75 Å². The summed E-state index contributed by atoms with van der Waals surface area (Å²) in [6.07, 6.45) is 1.08. The van der Waals surface area contributed by atoms with E-state index in [4.69, 9.17) is 0 Å². The second-order valence-corrected chi connectivity index (χ2v) is 6.16. The molecule has 0 aliphatic rings. The molecule has 0 saturated carbocycles. The Kier molecular flexibility index (Phi) is 6.36. The molecule has 1 unspecified atom stereocenters. The Morgan fingerprint density at radius 1 is 1.33 bits per heavy atom. The van der Waals surface area contributed by atoms with Crippen molar-refractivity contribution in [2.75, 3.05) is 13.1 Å². The van der Waals surface area contributed by atoms with Crippen LogP contribution < -0.4 is 10.6 Å². The minimum atomic E-state index is 0.0721. The molecule has 3 nitrogen and oxygen atoms in total. The molecule has 1 atom stereocenters. The molecule has 102 valence electrons. The van der Waals surface area contributed by atoms with Crippen molar-refractivity contribution in [2.24, 2.45) is 5.92 Å². The lowest BCUT2D eigenvalue weighted by Gasteiger charge is -2.13. The van der Waals surface area contributed by atoms with Gasteiger partial charge in [-0.1, -0.05) is 20.8 Å². The standard InChI is InChI=1S/C14H24N2OS/c1-5-12-6-7-13(18-12)11(4)15-9-14(17)16-8-10(2)3/h6-7,10-11,15H,5,8-9H2,1-4H3,(H,16,17). The molecular weight excluding hydrogens is 244 g/mol. The summed E-state index contributed by atoms with van der Waals surface area (Å²) < 4.78 is 0. The molecule has 0 aromatic carbocycles. The van der Waals surface area contributed by atoms with E-state index in [1.54, 1.807) is 0 Å². The number of nitrogens with one attached hydrogen (secondary N) is 2. The van der Waals surface area contributed by atoms with Crippen LogP contribution >= 0.6 is 11.3 Å². The van der Waals surface area contributed by atoms with E-state index in [1.807, 2.05) is 11.3 Å². The molecule has 0 aliphatic carbocycles. The van der Waals surface area contributed by atoms with Crippen molar-refractivity contribution in [1.29, 1.82) is 0 Å². The first kappa shape index (κ1) is 15.2. The Balaban J connectivity index is 2.32. The van der Waals surface area contributed by atoms with Gasteiger partial charge in [0.1, 0.15) is 0 Å². The highest BCUT2D eigenvalue weighted by Gasteiger charge is 2.09. The Labute approximate surface area is 114 Å². The van der Waals surface area contributed by atoms with Crippen LogP contribution in [0, 0.1) is 5.92 Å². The van der Waals surface area contributed by atoms with Gasteiger partial charge in [0.05, 0.1) is 6.54 Å². The first-order valence-electron chi connectivity index (χ1n) is 6.61. The predicted molar refractivity (Wildman–Crippen MR) is 78.0 cm³/mol. The molecule has 0 fully saturated rings. The number of amides is 1. The van der Waals surface area contributed by atoms with Gasteiger partial charge in [0, 0.05) is 22.3 Å². The molecule has 1 amide bonds. The van der Waals surface area contributed by atoms with Crippen molar-refractivity contribution in [3.05, 3.63) is 21.9 Å². The van der Waals surface area contributed by atoms with E-state index < -0.39 is 0 Å². The quantitative estimate of drug-likeness (QED) is 0.798. The monoisotopic (exact) mass is 268 g/mol. The minimum absolute atomic E-state index is 0.0721. The molecule has 2 N–H and O–H groups in total. The average Bonchev–Trinajstić information content (AvgIpc) is 2.82. The molecule has 0 radical (unpaired) electrons. The summed E-state index contributed by atoms with van der Waals surface area (Å²) >= 11 is 1.82. The van der Waals surface area contributed by atoms with Crippen molar-refractivity contribution in [3.8, 4) is 0 Å². The summed E-state index contributed by atoms with van der Waals surface area (Å²) in [5.74, 6) is 0.568. The fraction of sp³-hybridized carbons (Fsp3) is 0.643. The lowest BCUT2D eigenvalue weighted by Crippen LogP contribution is -2.36. The molecule has 1 aromatic rings. The highest BCUT2D eigenvalue weighted by Crippen LogP contribution is 2.23.